The minimum Gasteiger partial charge on any atom is -0.456 e. The third-order valence-corrected chi connectivity index (χ3v) is 5.63. The van der Waals surface area contributed by atoms with Gasteiger partial charge >= 0.3 is 5.97 Å². The average Bonchev–Trinajstić information content (AvgIpc) is 3.30. The highest BCUT2D eigenvalue weighted by Gasteiger charge is 2.31. The number of carbonyl (C=O) groups excluding carboxylic acids is 1. The smallest absolute Gasteiger partial charge is 0.331 e. The number of nitrogens with one attached hydrogen (secondary N) is 1. The number of sulfonamides is 1. The molecule has 0 saturated heterocycles. The zero-order valence-corrected chi connectivity index (χ0v) is 16.4. The Morgan fingerprint density at radius 2 is 1.97 bits per heavy atom. The molecule has 1 aromatic heterocycles. The highest BCUT2D eigenvalue weighted by Crippen LogP contribution is 2.23. The second kappa shape index (κ2) is 7.67. The first-order chi connectivity index (χ1) is 14.3. The van der Waals surface area contributed by atoms with E-state index in [0.29, 0.717) is 11.1 Å². The number of ether oxygens (including phenoxy) is 1. The molecule has 0 amide bonds. The molecule has 2 aromatic carbocycles. The third kappa shape index (κ3) is 3.92. The molecule has 0 saturated carbocycles. The van der Waals surface area contributed by atoms with Crippen LogP contribution in [0.4, 0.5) is 4.39 Å². The van der Waals surface area contributed by atoms with Gasteiger partial charge in [0.2, 0.25) is 5.82 Å². The lowest BCUT2D eigenvalue weighted by molar-refractivity contribution is -0.146. The van der Waals surface area contributed by atoms with Crippen molar-refractivity contribution in [1.82, 2.24) is 14.9 Å². The molecule has 1 N–H and O–H groups in total. The number of aromatic nitrogens is 2. The number of carbonyl (C=O) groups is 1. The molecule has 0 spiro atoms. The molecule has 1 aliphatic rings. The molecule has 0 unspecified atom stereocenters. The van der Waals surface area contributed by atoms with E-state index in [1.54, 1.807) is 18.2 Å². The van der Waals surface area contributed by atoms with E-state index < -0.39 is 27.9 Å². The fourth-order valence-corrected chi connectivity index (χ4v) is 3.99. The van der Waals surface area contributed by atoms with Gasteiger partial charge in [-0.05, 0) is 43.3 Å². The van der Waals surface area contributed by atoms with Gasteiger partial charge in [0, 0.05) is 11.1 Å². The number of aliphatic imine (C=N–C) groups is 1. The van der Waals surface area contributed by atoms with Crippen molar-refractivity contribution in [3.8, 4) is 11.5 Å². The molecule has 3 aromatic rings. The molecule has 154 valence electrons. The maximum atomic E-state index is 13.0. The van der Waals surface area contributed by atoms with Crippen molar-refractivity contribution in [2.45, 2.75) is 24.5 Å². The number of fused-ring (bicyclic) bond motifs is 1. The Morgan fingerprint density at radius 3 is 2.73 bits per heavy atom. The number of benzene rings is 2. The van der Waals surface area contributed by atoms with Gasteiger partial charge in [-0.2, -0.15) is 4.98 Å². The van der Waals surface area contributed by atoms with Crippen LogP contribution in [0.15, 0.2) is 62.9 Å². The second-order valence-electron chi connectivity index (χ2n) is 6.39. The van der Waals surface area contributed by atoms with Crippen molar-refractivity contribution < 1.29 is 26.9 Å². The van der Waals surface area contributed by atoms with Gasteiger partial charge in [0.05, 0.1) is 4.90 Å². The Morgan fingerprint density at radius 1 is 1.23 bits per heavy atom. The van der Waals surface area contributed by atoms with Gasteiger partial charge < -0.3 is 9.26 Å². The number of esters is 1. The largest absolute Gasteiger partial charge is 0.456 e. The van der Waals surface area contributed by atoms with Gasteiger partial charge in [0.15, 0.2) is 6.61 Å². The van der Waals surface area contributed by atoms with Gasteiger partial charge in [-0.3, -0.25) is 9.71 Å². The zero-order valence-electron chi connectivity index (χ0n) is 15.6. The lowest BCUT2D eigenvalue weighted by atomic mass is 10.2. The molecule has 1 atom stereocenters. The Kier molecular flexibility index (Phi) is 5.04. The highest BCUT2D eigenvalue weighted by atomic mass is 32.2. The first kappa shape index (κ1) is 19.7. The topological polar surface area (TPSA) is 124 Å². The van der Waals surface area contributed by atoms with Crippen LogP contribution in [0.2, 0.25) is 0 Å². The number of rotatable bonds is 5. The first-order valence-corrected chi connectivity index (χ1v) is 10.3. The monoisotopic (exact) mass is 430 g/mol. The molecule has 2 heterocycles. The van der Waals surface area contributed by atoms with Crippen molar-refractivity contribution >= 4 is 21.8 Å². The SMILES string of the molecule is C[C@H](N=C1NS(=O)(=O)c2ccccc21)C(=O)OCc1noc(-c2ccc(F)cc2)n1. The van der Waals surface area contributed by atoms with Crippen LogP contribution in [0, 0.1) is 5.82 Å². The van der Waals surface area contributed by atoms with E-state index in [-0.39, 0.29) is 29.1 Å². The maximum Gasteiger partial charge on any atom is 0.331 e. The number of halogens is 1. The highest BCUT2D eigenvalue weighted by molar-refractivity contribution is 7.90. The Balaban J connectivity index is 1.42. The van der Waals surface area contributed by atoms with Gasteiger partial charge in [-0.15, -0.1) is 0 Å². The Bertz CT molecular complexity index is 1240. The summed E-state index contributed by atoms with van der Waals surface area (Å²) in [6.07, 6.45) is 0. The standard InChI is InChI=1S/C19H15FN4O5S/c1-11(21-17-14-4-2-3-5-15(14)30(26,27)24-17)19(25)28-10-16-22-18(29-23-16)12-6-8-13(20)9-7-12/h2-9,11H,10H2,1H3,(H,21,24)/t11-/m0/s1. The van der Waals surface area contributed by atoms with E-state index >= 15 is 0 Å². The van der Waals surface area contributed by atoms with Crippen LogP contribution in [-0.4, -0.2) is 36.4 Å². The maximum absolute atomic E-state index is 13.0. The summed E-state index contributed by atoms with van der Waals surface area (Å²) in [6, 6.07) is 10.8. The van der Waals surface area contributed by atoms with Crippen LogP contribution in [0.25, 0.3) is 11.5 Å². The molecule has 4 rings (SSSR count). The van der Waals surface area contributed by atoms with Crippen LogP contribution in [0.3, 0.4) is 0 Å². The lowest BCUT2D eigenvalue weighted by Crippen LogP contribution is -2.26. The predicted molar refractivity (Wildman–Crippen MR) is 102 cm³/mol. The Labute approximate surface area is 170 Å². The molecule has 9 nitrogen and oxygen atoms in total. The number of amidine groups is 1. The summed E-state index contributed by atoms with van der Waals surface area (Å²) in [5.74, 6) is -0.733. The van der Waals surface area contributed by atoms with Gasteiger partial charge in [-0.1, -0.05) is 17.3 Å². The van der Waals surface area contributed by atoms with Crippen LogP contribution in [-0.2, 0) is 26.2 Å². The zero-order chi connectivity index (χ0) is 21.3. The van der Waals surface area contributed by atoms with Crippen molar-refractivity contribution in [3.63, 3.8) is 0 Å². The van der Waals surface area contributed by atoms with Crippen LogP contribution in [0.1, 0.15) is 18.3 Å². The fourth-order valence-electron chi connectivity index (χ4n) is 2.75. The molecular weight excluding hydrogens is 415 g/mol. The summed E-state index contributed by atoms with van der Waals surface area (Å²) in [4.78, 5) is 20.6. The van der Waals surface area contributed by atoms with E-state index in [0.717, 1.165) is 0 Å². The minimum absolute atomic E-state index is 0.0770. The van der Waals surface area contributed by atoms with Crippen LogP contribution >= 0.6 is 0 Å². The predicted octanol–water partition coefficient (Wildman–Crippen LogP) is 2.05. The second-order valence-corrected chi connectivity index (χ2v) is 8.04. The molecule has 30 heavy (non-hydrogen) atoms. The van der Waals surface area contributed by atoms with Gasteiger partial charge in [-0.25, -0.2) is 17.6 Å². The quantitative estimate of drug-likeness (QED) is 0.614. The summed E-state index contributed by atoms with van der Waals surface area (Å²) >= 11 is 0. The third-order valence-electron chi connectivity index (χ3n) is 4.23. The van der Waals surface area contributed by atoms with Crippen LogP contribution in [0.5, 0.6) is 0 Å². The first-order valence-electron chi connectivity index (χ1n) is 8.79. The summed E-state index contributed by atoms with van der Waals surface area (Å²) in [5.41, 5.74) is 0.910. The fraction of sp³-hybridized carbons (Fsp3) is 0.158. The molecule has 0 aliphatic carbocycles. The van der Waals surface area contributed by atoms with E-state index in [4.69, 9.17) is 9.26 Å². The van der Waals surface area contributed by atoms with E-state index in [1.165, 1.54) is 37.3 Å². The summed E-state index contributed by atoms with van der Waals surface area (Å²) in [7, 11) is -3.70. The molecule has 0 fully saturated rings. The normalized spacial score (nSPS) is 16.7. The van der Waals surface area contributed by atoms with Gasteiger partial charge in [0.1, 0.15) is 17.7 Å². The number of nitrogens with zero attached hydrogens (tertiary/aromatic N) is 3. The summed E-state index contributed by atoms with van der Waals surface area (Å²) < 4.78 is 49.7. The molecule has 0 radical (unpaired) electrons. The van der Waals surface area contributed by atoms with Crippen molar-refractivity contribution in [2.75, 3.05) is 0 Å². The van der Waals surface area contributed by atoms with Gasteiger partial charge in [0.25, 0.3) is 15.9 Å². The van der Waals surface area contributed by atoms with Crippen LogP contribution < -0.4 is 4.72 Å². The number of hydrogen-bond acceptors (Lipinski definition) is 8. The van der Waals surface area contributed by atoms with Crippen molar-refractivity contribution in [1.29, 1.82) is 0 Å². The molecule has 0 bridgehead atoms. The molecular formula is C19H15FN4O5S. The van der Waals surface area contributed by atoms with E-state index in [2.05, 4.69) is 19.9 Å². The van der Waals surface area contributed by atoms with E-state index in [9.17, 15) is 17.6 Å². The Hall–Kier alpha value is -3.60. The lowest BCUT2D eigenvalue weighted by Gasteiger charge is -2.07. The van der Waals surface area contributed by atoms with Crippen molar-refractivity contribution in [2.24, 2.45) is 4.99 Å². The van der Waals surface area contributed by atoms with E-state index in [1.807, 2.05) is 0 Å². The molecule has 1 aliphatic heterocycles. The average molecular weight is 430 g/mol. The summed E-state index contributed by atoms with van der Waals surface area (Å²) in [5, 5.41) is 3.71. The minimum atomic E-state index is -3.70. The number of hydrogen-bond donors (Lipinski definition) is 1. The molecule has 11 heteroatoms. The summed E-state index contributed by atoms with van der Waals surface area (Å²) in [6.45, 7) is 1.21. The van der Waals surface area contributed by atoms with Crippen molar-refractivity contribution in [3.05, 3.63) is 65.7 Å².